The average molecular weight is 771 g/mol. The summed E-state index contributed by atoms with van der Waals surface area (Å²) in [6, 6.07) is 36.2. The Morgan fingerprint density at radius 2 is 0.938 bits per heavy atom. The number of hydrogen-bond donors (Lipinski definition) is 0. The van der Waals surface area contributed by atoms with Gasteiger partial charge in [0, 0.05) is 9.52 Å². The summed E-state index contributed by atoms with van der Waals surface area (Å²) < 4.78 is 0. The van der Waals surface area contributed by atoms with Gasteiger partial charge in [0.2, 0.25) is 0 Å². The van der Waals surface area contributed by atoms with Crippen LogP contribution in [0.5, 0.6) is 0 Å². The summed E-state index contributed by atoms with van der Waals surface area (Å²) in [7, 11) is 11.0. The normalized spacial score (nSPS) is 10.4. The van der Waals surface area contributed by atoms with Crippen molar-refractivity contribution in [3.8, 4) is 22.3 Å². The summed E-state index contributed by atoms with van der Waals surface area (Å²) in [4.78, 5) is 0. The van der Waals surface area contributed by atoms with Gasteiger partial charge in [-0.05, 0) is 61.8 Å². The number of fused-ring (bicyclic) bond motifs is 2. The van der Waals surface area contributed by atoms with E-state index in [0.717, 1.165) is 22.4 Å². The van der Waals surface area contributed by atoms with Gasteiger partial charge in [-0.1, -0.05) is 124 Å². The van der Waals surface area contributed by atoms with E-state index in [1.165, 1.54) is 103 Å². The Morgan fingerprint density at radius 3 is 1.27 bits per heavy atom. The van der Waals surface area contributed by atoms with E-state index < -0.39 is 20.8 Å². The number of hydrogen-bond acceptors (Lipinski definition) is 0. The van der Waals surface area contributed by atoms with Crippen molar-refractivity contribution in [2.75, 3.05) is 0 Å². The first-order valence-electron chi connectivity index (χ1n) is 17.4. The SMILES string of the molecule is CCCc1cc2c(-c3ccccc3CC)c(C)ccc2[cH-]1.CCCc1cc2c(-c3ccccc3CC)c(C)ccc2[cH-]1.C[Si]C.[Cl][Zr+2][Cl]. The molecule has 0 N–H and O–H groups in total. The van der Waals surface area contributed by atoms with Crippen molar-refractivity contribution >= 4 is 48.1 Å². The Balaban J connectivity index is 0.000000224. The average Bonchev–Trinajstić information content (AvgIpc) is 3.69. The fraction of sp³-hybridized carbons (Fsp3) is 0.318. The van der Waals surface area contributed by atoms with Crippen LogP contribution in [0.25, 0.3) is 43.8 Å². The van der Waals surface area contributed by atoms with E-state index in [2.05, 4.69) is 152 Å². The van der Waals surface area contributed by atoms with Crippen molar-refractivity contribution in [1.29, 1.82) is 0 Å². The first kappa shape index (κ1) is 40.2. The van der Waals surface area contributed by atoms with Gasteiger partial charge < -0.3 is 0 Å². The molecule has 48 heavy (non-hydrogen) atoms. The van der Waals surface area contributed by atoms with Gasteiger partial charge in [0.1, 0.15) is 0 Å². The molecule has 0 fully saturated rings. The zero-order valence-electron chi connectivity index (χ0n) is 30.2. The van der Waals surface area contributed by atoms with Crippen LogP contribution < -0.4 is 0 Å². The van der Waals surface area contributed by atoms with Crippen LogP contribution >= 0.6 is 17.0 Å². The van der Waals surface area contributed by atoms with Crippen LogP contribution in [0.3, 0.4) is 0 Å². The Morgan fingerprint density at radius 1 is 0.583 bits per heavy atom. The second-order valence-corrected chi connectivity index (χ2v) is 17.1. The third-order valence-electron chi connectivity index (χ3n) is 8.73. The molecule has 0 aliphatic carbocycles. The fourth-order valence-corrected chi connectivity index (χ4v) is 6.63. The fourth-order valence-electron chi connectivity index (χ4n) is 6.63. The molecule has 2 radical (unpaired) electrons. The molecular formula is C44H52Cl2SiZr. The summed E-state index contributed by atoms with van der Waals surface area (Å²) in [5.41, 5.74) is 14.2. The zero-order valence-corrected chi connectivity index (χ0v) is 35.2. The van der Waals surface area contributed by atoms with E-state index >= 15 is 0 Å². The van der Waals surface area contributed by atoms with E-state index in [1.807, 2.05) is 0 Å². The Kier molecular flexibility index (Phi) is 17.7. The molecule has 0 aromatic heterocycles. The summed E-state index contributed by atoms with van der Waals surface area (Å²) >= 11 is -0.826. The Hall–Kier alpha value is -2.22. The maximum absolute atomic E-state index is 4.93. The molecule has 0 heterocycles. The molecular weight excluding hydrogens is 719 g/mol. The third-order valence-corrected chi connectivity index (χ3v) is 8.73. The molecule has 6 aromatic carbocycles. The Bertz CT molecular complexity index is 1710. The summed E-state index contributed by atoms with van der Waals surface area (Å²) in [6.07, 6.45) is 6.90. The van der Waals surface area contributed by atoms with Gasteiger partial charge in [0.25, 0.3) is 0 Å². The van der Waals surface area contributed by atoms with Gasteiger partial charge in [-0.3, -0.25) is 0 Å². The predicted molar refractivity (Wildman–Crippen MR) is 215 cm³/mol. The van der Waals surface area contributed by atoms with Crippen LogP contribution in [-0.2, 0) is 46.5 Å². The van der Waals surface area contributed by atoms with Gasteiger partial charge in [-0.2, -0.15) is 12.1 Å². The molecule has 0 amide bonds. The summed E-state index contributed by atoms with van der Waals surface area (Å²) in [5, 5.41) is 5.59. The zero-order chi connectivity index (χ0) is 35.1. The number of aryl methyl sites for hydroxylation is 6. The van der Waals surface area contributed by atoms with Crippen molar-refractivity contribution in [2.45, 2.75) is 93.2 Å². The first-order chi connectivity index (χ1) is 23.3. The van der Waals surface area contributed by atoms with E-state index in [0.29, 0.717) is 0 Å². The third kappa shape index (κ3) is 10.4. The first-order valence-corrected chi connectivity index (χ1v) is 25.7. The molecule has 6 aromatic rings. The molecule has 0 aliphatic heterocycles. The molecule has 0 nitrogen and oxygen atoms in total. The summed E-state index contributed by atoms with van der Waals surface area (Å²) in [5.74, 6) is 0. The van der Waals surface area contributed by atoms with Crippen molar-refractivity contribution < 1.29 is 20.8 Å². The van der Waals surface area contributed by atoms with Gasteiger partial charge in [-0.15, -0.1) is 69.1 Å². The molecule has 0 saturated carbocycles. The van der Waals surface area contributed by atoms with Crippen molar-refractivity contribution in [2.24, 2.45) is 0 Å². The van der Waals surface area contributed by atoms with Crippen LogP contribution in [0, 0.1) is 13.8 Å². The standard InChI is InChI=1S/2C21H23.C2H6Si.2ClH.Zr/c2*1-4-8-16-13-18-12-11-15(3)21(20(18)14-16)19-10-7-6-9-17(19)5-2;1-3-2;;;/h2*6-7,9-14H,4-5,8H2,1-3H3;1-2H3;2*1H;/q2*-1;;;;+4/p-2. The minimum atomic E-state index is -0.826. The predicted octanol–water partition coefficient (Wildman–Crippen LogP) is 14.3. The Labute approximate surface area is 312 Å². The molecule has 0 bridgehead atoms. The van der Waals surface area contributed by atoms with Gasteiger partial charge in [0.15, 0.2) is 0 Å². The van der Waals surface area contributed by atoms with Crippen molar-refractivity contribution in [3.05, 3.63) is 130 Å². The van der Waals surface area contributed by atoms with Crippen LogP contribution in [0.4, 0.5) is 0 Å². The number of rotatable bonds is 8. The van der Waals surface area contributed by atoms with Crippen molar-refractivity contribution in [3.63, 3.8) is 0 Å². The van der Waals surface area contributed by atoms with E-state index in [-0.39, 0.29) is 0 Å². The van der Waals surface area contributed by atoms with Crippen LogP contribution in [0.1, 0.15) is 73.9 Å². The van der Waals surface area contributed by atoms with Gasteiger partial charge in [-0.25, -0.2) is 0 Å². The topological polar surface area (TPSA) is 0 Å². The molecule has 250 valence electrons. The van der Waals surface area contributed by atoms with Crippen LogP contribution in [0.2, 0.25) is 13.1 Å². The second kappa shape index (κ2) is 21.1. The number of benzene rings is 4. The monoisotopic (exact) mass is 768 g/mol. The molecule has 0 unspecified atom stereocenters. The molecule has 4 heteroatoms. The number of halogens is 2. The second-order valence-electron chi connectivity index (χ2n) is 12.3. The minimum absolute atomic E-state index is 0.826. The molecule has 0 saturated heterocycles. The summed E-state index contributed by atoms with van der Waals surface area (Å²) in [6.45, 7) is 17.7. The van der Waals surface area contributed by atoms with E-state index in [4.69, 9.17) is 17.0 Å². The van der Waals surface area contributed by atoms with E-state index in [9.17, 15) is 0 Å². The molecule has 0 aliphatic rings. The molecule has 0 spiro atoms. The van der Waals surface area contributed by atoms with E-state index in [1.54, 1.807) is 0 Å². The molecule has 6 rings (SSSR count). The van der Waals surface area contributed by atoms with Crippen molar-refractivity contribution in [1.82, 2.24) is 0 Å². The van der Waals surface area contributed by atoms with Crippen LogP contribution in [-0.4, -0.2) is 9.52 Å². The molecule has 0 atom stereocenters. The quantitative estimate of drug-likeness (QED) is 0.107. The van der Waals surface area contributed by atoms with Crippen LogP contribution in [0.15, 0.2) is 97.1 Å². The van der Waals surface area contributed by atoms with Gasteiger partial charge in [0.05, 0.1) is 0 Å². The maximum atomic E-state index is 4.93. The van der Waals surface area contributed by atoms with Gasteiger partial charge >= 0.3 is 37.9 Å².